The molecule has 1 amide bonds. The number of rotatable bonds is 3. The van der Waals surface area contributed by atoms with E-state index >= 15 is 0 Å². The van der Waals surface area contributed by atoms with Crippen LogP contribution in [0.5, 0.6) is 0 Å². The van der Waals surface area contributed by atoms with Crippen LogP contribution in [-0.4, -0.2) is 10.9 Å². The molecule has 0 atom stereocenters. The van der Waals surface area contributed by atoms with E-state index in [-0.39, 0.29) is 0 Å². The monoisotopic (exact) mass is 346 g/mol. The fourth-order valence-electron chi connectivity index (χ4n) is 2.03. The zero-order chi connectivity index (χ0) is 14.1. The second kappa shape index (κ2) is 5.34. The zero-order valence-corrected chi connectivity index (χ0v) is 12.8. The molecule has 3 rings (SSSR count). The molecule has 100 valence electrons. The van der Waals surface area contributed by atoms with Crippen LogP contribution in [0, 0.1) is 0 Å². The Morgan fingerprint density at radius 3 is 2.60 bits per heavy atom. The maximum Gasteiger partial charge on any atom is 0.266 e. The highest BCUT2D eigenvalue weighted by Gasteiger charge is 2.16. The maximum absolute atomic E-state index is 11.6. The molecule has 0 aliphatic rings. The third-order valence-corrected chi connectivity index (χ3v) is 4.55. The van der Waals surface area contributed by atoms with Crippen molar-refractivity contribution < 1.29 is 4.79 Å². The number of nitrogens with two attached hydrogens (primary N) is 1. The van der Waals surface area contributed by atoms with Crippen LogP contribution in [0.15, 0.2) is 62.8 Å². The maximum atomic E-state index is 11.6. The molecule has 0 aliphatic heterocycles. The number of carbonyl (C=O) groups excluding carboxylic acids is 1. The van der Waals surface area contributed by atoms with Crippen molar-refractivity contribution in [3.05, 3.63) is 58.7 Å². The molecule has 3 nitrogen and oxygen atoms in total. The Labute approximate surface area is 128 Å². The lowest BCUT2D eigenvalue weighted by Gasteiger charge is -2.02. The first-order valence-electron chi connectivity index (χ1n) is 5.99. The first-order valence-corrected chi connectivity index (χ1v) is 7.60. The van der Waals surface area contributed by atoms with Gasteiger partial charge in [0.25, 0.3) is 5.91 Å². The van der Waals surface area contributed by atoms with Gasteiger partial charge in [-0.2, -0.15) is 0 Å². The number of primary amides is 1. The van der Waals surface area contributed by atoms with Gasteiger partial charge in [0, 0.05) is 20.3 Å². The number of hydrogen-bond donors (Lipinski definition) is 2. The van der Waals surface area contributed by atoms with Crippen LogP contribution < -0.4 is 5.73 Å². The van der Waals surface area contributed by atoms with E-state index in [2.05, 4.69) is 20.9 Å². The average molecular weight is 347 g/mol. The average Bonchev–Trinajstić information content (AvgIpc) is 2.78. The summed E-state index contributed by atoms with van der Waals surface area (Å²) >= 11 is 4.99. The summed E-state index contributed by atoms with van der Waals surface area (Å²) in [5.74, 6) is -0.448. The van der Waals surface area contributed by atoms with Crippen LogP contribution in [-0.2, 0) is 0 Å². The second-order valence-electron chi connectivity index (χ2n) is 4.30. The highest BCUT2D eigenvalue weighted by Crippen LogP contribution is 2.37. The quantitative estimate of drug-likeness (QED) is 0.747. The fraction of sp³-hybridized carbons (Fsp3) is 0. The van der Waals surface area contributed by atoms with Crippen LogP contribution in [0.2, 0.25) is 0 Å². The van der Waals surface area contributed by atoms with Gasteiger partial charge in [0.2, 0.25) is 0 Å². The molecule has 0 bridgehead atoms. The van der Waals surface area contributed by atoms with E-state index in [0.717, 1.165) is 25.2 Å². The Kier molecular flexibility index (Phi) is 3.54. The Bertz CT molecular complexity index is 783. The number of halogens is 1. The van der Waals surface area contributed by atoms with Gasteiger partial charge in [-0.3, -0.25) is 4.79 Å². The molecular weight excluding hydrogens is 336 g/mol. The number of aromatic amines is 1. The SMILES string of the molecule is NC(=O)c1[nH]c2ccc(Br)cc2c1Sc1ccccc1. The summed E-state index contributed by atoms with van der Waals surface area (Å²) in [5.41, 5.74) is 6.83. The smallest absolute Gasteiger partial charge is 0.266 e. The van der Waals surface area contributed by atoms with Crippen molar-refractivity contribution in [2.45, 2.75) is 9.79 Å². The third-order valence-electron chi connectivity index (χ3n) is 2.92. The van der Waals surface area contributed by atoms with Crippen LogP contribution in [0.1, 0.15) is 10.5 Å². The molecule has 0 spiro atoms. The van der Waals surface area contributed by atoms with Gasteiger partial charge in [0.05, 0.1) is 4.90 Å². The summed E-state index contributed by atoms with van der Waals surface area (Å²) in [4.78, 5) is 16.7. The molecule has 0 aliphatic carbocycles. The summed E-state index contributed by atoms with van der Waals surface area (Å²) in [5, 5.41) is 0.988. The molecule has 5 heteroatoms. The van der Waals surface area contributed by atoms with Gasteiger partial charge in [-0.15, -0.1) is 0 Å². The van der Waals surface area contributed by atoms with Crippen LogP contribution in [0.3, 0.4) is 0 Å². The number of carbonyl (C=O) groups is 1. The lowest BCUT2D eigenvalue weighted by molar-refractivity contribution is 0.0993. The summed E-state index contributed by atoms with van der Waals surface area (Å²) < 4.78 is 0.968. The molecule has 2 aromatic carbocycles. The van der Waals surface area contributed by atoms with Crippen molar-refractivity contribution >= 4 is 44.5 Å². The van der Waals surface area contributed by atoms with Crippen LogP contribution in [0.4, 0.5) is 0 Å². The largest absolute Gasteiger partial charge is 0.364 e. The van der Waals surface area contributed by atoms with Crippen molar-refractivity contribution in [1.29, 1.82) is 0 Å². The minimum absolute atomic E-state index is 0.448. The minimum Gasteiger partial charge on any atom is -0.364 e. The highest BCUT2D eigenvalue weighted by molar-refractivity contribution is 9.10. The second-order valence-corrected chi connectivity index (χ2v) is 6.30. The summed E-state index contributed by atoms with van der Waals surface area (Å²) in [6, 6.07) is 15.8. The van der Waals surface area contributed by atoms with Crippen LogP contribution in [0.25, 0.3) is 10.9 Å². The molecular formula is C15H11BrN2OS. The van der Waals surface area contributed by atoms with Crippen molar-refractivity contribution in [1.82, 2.24) is 4.98 Å². The number of amides is 1. The number of nitrogens with one attached hydrogen (secondary N) is 1. The molecule has 0 unspecified atom stereocenters. The number of hydrogen-bond acceptors (Lipinski definition) is 2. The summed E-state index contributed by atoms with van der Waals surface area (Å²) in [6.45, 7) is 0. The number of H-pyrrole nitrogens is 1. The van der Waals surface area contributed by atoms with Gasteiger partial charge >= 0.3 is 0 Å². The standard InChI is InChI=1S/C15H11BrN2OS/c16-9-6-7-12-11(8-9)14(13(18-12)15(17)19)20-10-4-2-1-3-5-10/h1-8,18H,(H2,17,19). The predicted molar refractivity (Wildman–Crippen MR) is 85.1 cm³/mol. The van der Waals surface area contributed by atoms with Gasteiger partial charge in [0.1, 0.15) is 5.69 Å². The Hall–Kier alpha value is -1.72. The van der Waals surface area contributed by atoms with Gasteiger partial charge in [0.15, 0.2) is 0 Å². The van der Waals surface area contributed by atoms with Gasteiger partial charge < -0.3 is 10.7 Å². The molecule has 0 saturated carbocycles. The molecule has 1 heterocycles. The van der Waals surface area contributed by atoms with E-state index in [1.165, 1.54) is 11.8 Å². The Balaban J connectivity index is 2.18. The first kappa shape index (κ1) is 13.3. The molecule has 0 fully saturated rings. The van der Waals surface area contributed by atoms with Gasteiger partial charge in [-0.05, 0) is 30.3 Å². The molecule has 0 saturated heterocycles. The van der Waals surface area contributed by atoms with Crippen molar-refractivity contribution in [3.63, 3.8) is 0 Å². The number of fused-ring (bicyclic) bond motifs is 1. The van der Waals surface area contributed by atoms with E-state index in [0.29, 0.717) is 5.69 Å². The topological polar surface area (TPSA) is 58.9 Å². The number of benzene rings is 2. The van der Waals surface area contributed by atoms with Crippen molar-refractivity contribution in [2.75, 3.05) is 0 Å². The van der Waals surface area contributed by atoms with Crippen molar-refractivity contribution in [3.8, 4) is 0 Å². The Morgan fingerprint density at radius 2 is 1.90 bits per heavy atom. The van der Waals surface area contributed by atoms with Gasteiger partial charge in [-0.1, -0.05) is 45.9 Å². The summed E-state index contributed by atoms with van der Waals surface area (Å²) in [7, 11) is 0. The molecule has 0 radical (unpaired) electrons. The molecule has 3 N–H and O–H groups in total. The molecule has 3 aromatic rings. The third kappa shape index (κ3) is 2.46. The lowest BCUT2D eigenvalue weighted by Crippen LogP contribution is -2.12. The van der Waals surface area contributed by atoms with E-state index in [1.807, 2.05) is 48.5 Å². The first-order chi connectivity index (χ1) is 9.65. The molecule has 1 aromatic heterocycles. The van der Waals surface area contributed by atoms with E-state index < -0.39 is 5.91 Å². The van der Waals surface area contributed by atoms with E-state index in [4.69, 9.17) is 5.73 Å². The molecule has 20 heavy (non-hydrogen) atoms. The van der Waals surface area contributed by atoms with E-state index in [9.17, 15) is 4.79 Å². The minimum atomic E-state index is -0.448. The lowest BCUT2D eigenvalue weighted by atomic mass is 10.2. The highest BCUT2D eigenvalue weighted by atomic mass is 79.9. The fourth-order valence-corrected chi connectivity index (χ4v) is 3.45. The number of aromatic nitrogens is 1. The van der Waals surface area contributed by atoms with Crippen LogP contribution >= 0.6 is 27.7 Å². The predicted octanol–water partition coefficient (Wildman–Crippen LogP) is 4.18. The zero-order valence-electron chi connectivity index (χ0n) is 10.4. The normalized spacial score (nSPS) is 10.8. The summed E-state index contributed by atoms with van der Waals surface area (Å²) in [6.07, 6.45) is 0. The Morgan fingerprint density at radius 1 is 1.15 bits per heavy atom. The van der Waals surface area contributed by atoms with E-state index in [1.54, 1.807) is 0 Å². The van der Waals surface area contributed by atoms with Gasteiger partial charge in [-0.25, -0.2) is 0 Å². The van der Waals surface area contributed by atoms with Crippen molar-refractivity contribution in [2.24, 2.45) is 5.73 Å².